The molecule has 0 aliphatic carbocycles. The van der Waals surface area contributed by atoms with Crippen molar-refractivity contribution in [2.75, 3.05) is 0 Å². The first kappa shape index (κ1) is 14.0. The Morgan fingerprint density at radius 1 is 1.35 bits per heavy atom. The summed E-state index contributed by atoms with van der Waals surface area (Å²) in [5, 5.41) is 7.17. The predicted octanol–water partition coefficient (Wildman–Crippen LogP) is 2.59. The van der Waals surface area contributed by atoms with E-state index in [2.05, 4.69) is 28.5 Å². The smallest absolute Gasteiger partial charge is 0.255 e. The van der Waals surface area contributed by atoms with Crippen LogP contribution in [0.1, 0.15) is 26.6 Å². The van der Waals surface area contributed by atoms with Gasteiger partial charge >= 0.3 is 0 Å². The number of nitrogens with one attached hydrogen (secondary N) is 1. The number of fused-ring (bicyclic) bond motifs is 2. The first-order chi connectivity index (χ1) is 11.1. The Bertz CT molecular complexity index is 1030. The number of hydrogen-bond acceptors (Lipinski definition) is 4. The number of imidazole rings is 1. The van der Waals surface area contributed by atoms with Gasteiger partial charge < -0.3 is 5.32 Å². The van der Waals surface area contributed by atoms with E-state index in [1.807, 2.05) is 35.7 Å². The zero-order valence-electron chi connectivity index (χ0n) is 12.8. The van der Waals surface area contributed by atoms with Crippen LogP contribution in [0.15, 0.2) is 36.8 Å². The van der Waals surface area contributed by atoms with Crippen LogP contribution in [-0.2, 0) is 6.54 Å². The van der Waals surface area contributed by atoms with Gasteiger partial charge in [-0.1, -0.05) is 6.07 Å². The summed E-state index contributed by atoms with van der Waals surface area (Å²) < 4.78 is 3.74. The van der Waals surface area contributed by atoms with Crippen LogP contribution in [0, 0.1) is 13.8 Å². The first-order valence-corrected chi connectivity index (χ1v) is 8.09. The van der Waals surface area contributed by atoms with Crippen molar-refractivity contribution in [2.24, 2.45) is 0 Å². The molecular formula is C16H15N5OS. The quantitative estimate of drug-likeness (QED) is 0.630. The molecule has 0 radical (unpaired) electrons. The molecule has 0 aliphatic heterocycles. The fraction of sp³-hybridized carbons (Fsp3) is 0.188. The van der Waals surface area contributed by atoms with Gasteiger partial charge in [-0.15, -0.1) is 11.3 Å². The summed E-state index contributed by atoms with van der Waals surface area (Å²) >= 11 is 1.65. The lowest BCUT2D eigenvalue weighted by Gasteiger charge is -2.04. The number of amides is 1. The van der Waals surface area contributed by atoms with Crippen molar-refractivity contribution < 1.29 is 4.79 Å². The second-order valence-electron chi connectivity index (χ2n) is 5.41. The van der Waals surface area contributed by atoms with Crippen molar-refractivity contribution in [3.05, 3.63) is 58.6 Å². The van der Waals surface area contributed by atoms with E-state index in [0.29, 0.717) is 12.1 Å². The number of carbonyl (C=O) groups is 1. The van der Waals surface area contributed by atoms with E-state index in [4.69, 9.17) is 0 Å². The molecule has 0 aromatic carbocycles. The summed E-state index contributed by atoms with van der Waals surface area (Å²) in [4.78, 5) is 19.2. The lowest BCUT2D eigenvalue weighted by atomic mass is 10.2. The Kier molecular flexibility index (Phi) is 3.16. The van der Waals surface area contributed by atoms with E-state index < -0.39 is 0 Å². The van der Waals surface area contributed by atoms with Crippen LogP contribution < -0.4 is 5.32 Å². The molecule has 0 saturated carbocycles. The van der Waals surface area contributed by atoms with E-state index in [1.165, 1.54) is 4.88 Å². The van der Waals surface area contributed by atoms with Gasteiger partial charge in [-0.25, -0.2) is 9.50 Å². The number of aromatic nitrogens is 4. The van der Waals surface area contributed by atoms with Crippen molar-refractivity contribution in [1.29, 1.82) is 0 Å². The van der Waals surface area contributed by atoms with Gasteiger partial charge in [-0.3, -0.25) is 9.20 Å². The molecule has 0 aliphatic rings. The maximum atomic E-state index is 12.5. The molecule has 0 bridgehead atoms. The van der Waals surface area contributed by atoms with E-state index in [1.54, 1.807) is 22.0 Å². The maximum absolute atomic E-state index is 12.5. The standard InChI is InChI=1S/C16H15N5OS/c1-10-9-20-14(11(2)19-16(20)23-10)8-17-15(22)12-7-18-21-6-4-3-5-13(12)21/h3-7,9H,8H2,1-2H3,(H,17,22). The minimum Gasteiger partial charge on any atom is -0.346 e. The van der Waals surface area contributed by atoms with Crippen molar-refractivity contribution in [1.82, 2.24) is 24.3 Å². The SMILES string of the molecule is Cc1cn2c(CNC(=O)c3cnn4ccccc34)c(C)nc2s1. The van der Waals surface area contributed by atoms with Gasteiger partial charge in [0.05, 0.1) is 35.2 Å². The zero-order valence-corrected chi connectivity index (χ0v) is 13.6. The number of nitrogens with zero attached hydrogens (tertiary/aromatic N) is 4. The molecule has 23 heavy (non-hydrogen) atoms. The topological polar surface area (TPSA) is 63.7 Å². The molecule has 116 valence electrons. The van der Waals surface area contributed by atoms with Gasteiger partial charge in [0, 0.05) is 17.3 Å². The van der Waals surface area contributed by atoms with Crippen LogP contribution >= 0.6 is 11.3 Å². The molecule has 7 heteroatoms. The fourth-order valence-corrected chi connectivity index (χ4v) is 3.58. The molecule has 4 heterocycles. The Hall–Kier alpha value is -2.67. The Balaban J connectivity index is 1.60. The summed E-state index contributed by atoms with van der Waals surface area (Å²) in [7, 11) is 0. The van der Waals surface area contributed by atoms with Crippen molar-refractivity contribution in [2.45, 2.75) is 20.4 Å². The minimum atomic E-state index is -0.132. The fourth-order valence-electron chi connectivity index (χ4n) is 2.69. The molecule has 4 aromatic heterocycles. The molecule has 6 nitrogen and oxygen atoms in total. The van der Waals surface area contributed by atoms with Gasteiger partial charge in [-0.2, -0.15) is 5.10 Å². The van der Waals surface area contributed by atoms with E-state index in [0.717, 1.165) is 21.9 Å². The summed E-state index contributed by atoms with van der Waals surface area (Å²) in [6.07, 6.45) is 5.47. The second-order valence-corrected chi connectivity index (χ2v) is 6.62. The minimum absolute atomic E-state index is 0.132. The lowest BCUT2D eigenvalue weighted by Crippen LogP contribution is -2.23. The highest BCUT2D eigenvalue weighted by Gasteiger charge is 2.15. The van der Waals surface area contributed by atoms with Crippen molar-refractivity contribution in [3.8, 4) is 0 Å². The number of aryl methyl sites for hydroxylation is 2. The number of thiazole rings is 1. The molecule has 1 amide bonds. The number of carbonyl (C=O) groups excluding carboxylic acids is 1. The normalized spacial score (nSPS) is 11.4. The maximum Gasteiger partial charge on any atom is 0.255 e. The van der Waals surface area contributed by atoms with Crippen LogP contribution in [0.3, 0.4) is 0 Å². The third-order valence-electron chi connectivity index (χ3n) is 3.83. The lowest BCUT2D eigenvalue weighted by molar-refractivity contribution is 0.0952. The molecular weight excluding hydrogens is 310 g/mol. The molecule has 4 rings (SSSR count). The van der Waals surface area contributed by atoms with E-state index in [-0.39, 0.29) is 5.91 Å². The Labute approximate surface area is 136 Å². The highest BCUT2D eigenvalue weighted by molar-refractivity contribution is 7.17. The average molecular weight is 325 g/mol. The second kappa shape index (κ2) is 5.20. The third kappa shape index (κ3) is 2.29. The van der Waals surface area contributed by atoms with Crippen LogP contribution in [0.5, 0.6) is 0 Å². The van der Waals surface area contributed by atoms with Crippen LogP contribution in [-0.4, -0.2) is 24.9 Å². The summed E-state index contributed by atoms with van der Waals surface area (Å²) in [6, 6.07) is 5.66. The van der Waals surface area contributed by atoms with Crippen LogP contribution in [0.4, 0.5) is 0 Å². The van der Waals surface area contributed by atoms with E-state index >= 15 is 0 Å². The molecule has 0 saturated heterocycles. The summed E-state index contributed by atoms with van der Waals surface area (Å²) in [5.41, 5.74) is 3.32. The third-order valence-corrected chi connectivity index (χ3v) is 4.73. The summed E-state index contributed by atoms with van der Waals surface area (Å²) in [5.74, 6) is -0.132. The number of pyridine rings is 1. The van der Waals surface area contributed by atoms with Gasteiger partial charge in [0.25, 0.3) is 5.91 Å². The molecule has 4 aromatic rings. The first-order valence-electron chi connectivity index (χ1n) is 7.28. The number of rotatable bonds is 3. The zero-order chi connectivity index (χ0) is 16.0. The van der Waals surface area contributed by atoms with Gasteiger partial charge in [0.1, 0.15) is 0 Å². The van der Waals surface area contributed by atoms with Gasteiger partial charge in [-0.05, 0) is 26.0 Å². The van der Waals surface area contributed by atoms with Gasteiger partial charge in [0.15, 0.2) is 4.96 Å². The molecule has 0 spiro atoms. The highest BCUT2D eigenvalue weighted by atomic mass is 32.1. The monoisotopic (exact) mass is 325 g/mol. The molecule has 0 atom stereocenters. The molecule has 1 N–H and O–H groups in total. The highest BCUT2D eigenvalue weighted by Crippen LogP contribution is 2.20. The predicted molar refractivity (Wildman–Crippen MR) is 88.9 cm³/mol. The van der Waals surface area contributed by atoms with Crippen LogP contribution in [0.2, 0.25) is 0 Å². The largest absolute Gasteiger partial charge is 0.346 e. The van der Waals surface area contributed by atoms with Crippen molar-refractivity contribution >= 4 is 27.7 Å². The molecule has 0 unspecified atom stereocenters. The van der Waals surface area contributed by atoms with Gasteiger partial charge in [0.2, 0.25) is 0 Å². The average Bonchev–Trinajstić information content (AvgIpc) is 3.17. The molecule has 0 fully saturated rings. The van der Waals surface area contributed by atoms with E-state index in [9.17, 15) is 4.79 Å². The Morgan fingerprint density at radius 2 is 2.22 bits per heavy atom. The number of hydrogen-bond donors (Lipinski definition) is 1. The van der Waals surface area contributed by atoms with Crippen LogP contribution in [0.25, 0.3) is 10.5 Å². The Morgan fingerprint density at radius 3 is 3.09 bits per heavy atom. The summed E-state index contributed by atoms with van der Waals surface area (Å²) in [6.45, 7) is 4.45. The van der Waals surface area contributed by atoms with Crippen molar-refractivity contribution in [3.63, 3.8) is 0 Å².